The van der Waals surface area contributed by atoms with E-state index in [0.717, 1.165) is 38.9 Å². The van der Waals surface area contributed by atoms with Crippen molar-refractivity contribution in [1.82, 2.24) is 0 Å². The molecule has 0 spiro atoms. The van der Waals surface area contributed by atoms with Crippen molar-refractivity contribution in [3.05, 3.63) is 179 Å². The number of carbonyl (C=O) groups is 4. The lowest BCUT2D eigenvalue weighted by molar-refractivity contribution is 0.0470. The Morgan fingerprint density at radius 2 is 0.803 bits per heavy atom. The van der Waals surface area contributed by atoms with Gasteiger partial charge in [0.25, 0.3) is 0 Å². The minimum Gasteiger partial charge on any atom is -0.507 e. The second kappa shape index (κ2) is 34.4. The van der Waals surface area contributed by atoms with Gasteiger partial charge < -0.3 is 28.8 Å². The first-order valence-electron chi connectivity index (χ1n) is 26.7. The van der Waals surface area contributed by atoms with E-state index in [1.165, 1.54) is 7.11 Å². The molecule has 0 aromatic heterocycles. The van der Waals surface area contributed by atoms with Crippen LogP contribution < -0.4 is 18.9 Å². The fourth-order valence-corrected chi connectivity index (χ4v) is 8.07. The number of esters is 3. The number of phenolic OH excluding ortho intramolecular Hbond substituents is 1. The third-order valence-corrected chi connectivity index (χ3v) is 12.4. The van der Waals surface area contributed by atoms with Crippen molar-refractivity contribution in [3.8, 4) is 28.7 Å². The van der Waals surface area contributed by atoms with Gasteiger partial charge >= 0.3 is 17.9 Å². The number of hydrogen-bond acceptors (Lipinski definition) is 10. The van der Waals surface area contributed by atoms with Crippen LogP contribution in [0.4, 0.5) is 0 Å². The maximum atomic E-state index is 13.2. The maximum absolute atomic E-state index is 13.2. The summed E-state index contributed by atoms with van der Waals surface area (Å²) < 4.78 is 28.6. The van der Waals surface area contributed by atoms with Crippen LogP contribution in [-0.2, 0) is 18.0 Å². The summed E-state index contributed by atoms with van der Waals surface area (Å²) in [5.41, 5.74) is 12.4. The summed E-state index contributed by atoms with van der Waals surface area (Å²) >= 11 is 0. The van der Waals surface area contributed by atoms with E-state index >= 15 is 0 Å². The van der Waals surface area contributed by atoms with Crippen LogP contribution in [0.1, 0.15) is 195 Å². The van der Waals surface area contributed by atoms with Gasteiger partial charge in [0.2, 0.25) is 0 Å². The Balaban J connectivity index is 0.00000127. The van der Waals surface area contributed by atoms with Crippen LogP contribution in [0, 0.1) is 83.1 Å². The highest BCUT2D eigenvalue weighted by Gasteiger charge is 2.27. The standard InChI is InChI=1S/2C28H30O5.5C2H6/c1-16-13-23(32-15-22-11-9-8-10-12-22)14-24(31-7)25(16)28(30)33-27-19(4)17(2)26(21(6)29)18(3)20(27)5;1-15-13-16(2)23(25(29)17(15)3)28(31)33-26-20(6)18(4)24(19(5)21(26)7)27(30)32-14-22-11-9-8-10-12-22;5*1-2/h8-14H,15H2,1-7H3;8-13,29H,14H2,1-7H3;5*1-2H3. The zero-order valence-electron chi connectivity index (χ0n) is 50.5. The molecule has 0 unspecified atom stereocenters. The smallest absolute Gasteiger partial charge is 0.347 e. The average Bonchev–Trinajstić information content (AvgIpc) is 3.43. The summed E-state index contributed by atoms with van der Waals surface area (Å²) in [6.45, 7) is 44.1. The predicted molar refractivity (Wildman–Crippen MR) is 314 cm³/mol. The Morgan fingerprint density at radius 3 is 1.21 bits per heavy atom. The number of Topliss-reactive ketones (excluding diaryl/α,β-unsaturated/α-hetero) is 1. The summed E-state index contributed by atoms with van der Waals surface area (Å²) in [4.78, 5) is 51.3. The van der Waals surface area contributed by atoms with Gasteiger partial charge in [-0.25, -0.2) is 14.4 Å². The van der Waals surface area contributed by atoms with Gasteiger partial charge in [0.15, 0.2) is 5.78 Å². The van der Waals surface area contributed by atoms with Crippen LogP contribution in [-0.4, -0.2) is 35.9 Å². The lowest BCUT2D eigenvalue weighted by atomic mass is 9.91. The van der Waals surface area contributed by atoms with E-state index in [0.29, 0.717) is 85.2 Å². The molecule has 0 saturated carbocycles. The van der Waals surface area contributed by atoms with E-state index in [1.54, 1.807) is 32.9 Å². The zero-order valence-corrected chi connectivity index (χ0v) is 50.5. The van der Waals surface area contributed by atoms with E-state index in [4.69, 9.17) is 23.7 Å². The number of hydrogen-bond donors (Lipinski definition) is 1. The van der Waals surface area contributed by atoms with Gasteiger partial charge in [0.1, 0.15) is 53.1 Å². The molecule has 0 aliphatic carbocycles. The molecule has 0 fully saturated rings. The fraction of sp³-hybridized carbons (Fsp3) is 0.394. The Hall–Kier alpha value is -7.20. The predicted octanol–water partition coefficient (Wildman–Crippen LogP) is 17.5. The van der Waals surface area contributed by atoms with E-state index in [2.05, 4.69) is 0 Å². The van der Waals surface area contributed by atoms with Gasteiger partial charge in [-0.3, -0.25) is 4.79 Å². The van der Waals surface area contributed by atoms with Gasteiger partial charge in [-0.2, -0.15) is 0 Å². The SMILES string of the molecule is CC.CC.CC.CC.CC.COc1cc(OCc2ccccc2)cc(C)c1C(=O)Oc1c(C)c(C)c(C(C)=O)c(C)c1C.Cc1cc(C)c(C(=O)Oc2c(C)c(C)c(C(=O)OCc3ccccc3)c(C)c2C)c(O)c1C. The van der Waals surface area contributed by atoms with Gasteiger partial charge in [-0.1, -0.05) is 136 Å². The maximum Gasteiger partial charge on any atom is 0.347 e. The highest BCUT2D eigenvalue weighted by molar-refractivity contribution is 6.00. The Kier molecular flexibility index (Phi) is 31.1. The lowest BCUT2D eigenvalue weighted by Crippen LogP contribution is -2.16. The molecule has 414 valence electrons. The van der Waals surface area contributed by atoms with Crippen molar-refractivity contribution in [2.75, 3.05) is 7.11 Å². The number of methoxy groups -OCH3 is 1. The van der Waals surface area contributed by atoms with E-state index in [1.807, 2.05) is 205 Å². The Morgan fingerprint density at radius 1 is 0.421 bits per heavy atom. The Bertz CT molecular complexity index is 2780. The Labute approximate surface area is 457 Å². The van der Waals surface area contributed by atoms with Crippen molar-refractivity contribution in [2.24, 2.45) is 0 Å². The first kappa shape index (κ1) is 68.8. The van der Waals surface area contributed by atoms with E-state index < -0.39 is 17.9 Å². The molecular weight excluding hydrogens is 953 g/mol. The third-order valence-electron chi connectivity index (χ3n) is 12.4. The lowest BCUT2D eigenvalue weighted by Gasteiger charge is -2.20. The summed E-state index contributed by atoms with van der Waals surface area (Å²) in [5.74, 6) is 0.233. The first-order valence-corrected chi connectivity index (χ1v) is 26.7. The number of aryl methyl sites for hydroxylation is 3. The highest BCUT2D eigenvalue weighted by atomic mass is 16.5. The van der Waals surface area contributed by atoms with Crippen molar-refractivity contribution >= 4 is 23.7 Å². The second-order valence-electron chi connectivity index (χ2n) is 16.8. The molecule has 0 amide bonds. The molecule has 6 rings (SSSR count). The van der Waals surface area contributed by atoms with Crippen LogP contribution >= 0.6 is 0 Å². The molecule has 0 bridgehead atoms. The molecule has 10 heteroatoms. The molecule has 0 aliphatic rings. The van der Waals surface area contributed by atoms with Crippen LogP contribution in [0.15, 0.2) is 78.9 Å². The molecule has 0 saturated heterocycles. The molecule has 0 heterocycles. The number of carbonyl (C=O) groups excluding carboxylic acids is 4. The van der Waals surface area contributed by atoms with Gasteiger partial charge in [-0.15, -0.1) is 0 Å². The highest BCUT2D eigenvalue weighted by Crippen LogP contribution is 2.38. The van der Waals surface area contributed by atoms with E-state index in [9.17, 15) is 24.3 Å². The number of aromatic hydroxyl groups is 1. The minimum atomic E-state index is -0.627. The first-order chi connectivity index (χ1) is 36.2. The monoisotopic (exact) mass is 1040 g/mol. The molecule has 6 aromatic rings. The molecule has 0 aliphatic heterocycles. The molecule has 1 N–H and O–H groups in total. The van der Waals surface area contributed by atoms with Crippen molar-refractivity contribution < 1.29 is 48.0 Å². The topological polar surface area (TPSA) is 135 Å². The van der Waals surface area contributed by atoms with Gasteiger partial charge in [0, 0.05) is 11.6 Å². The van der Waals surface area contributed by atoms with Crippen molar-refractivity contribution in [1.29, 1.82) is 0 Å². The molecule has 6 aromatic carbocycles. The molecule has 10 nitrogen and oxygen atoms in total. The van der Waals surface area contributed by atoms with E-state index in [-0.39, 0.29) is 23.7 Å². The second-order valence-corrected chi connectivity index (χ2v) is 16.8. The van der Waals surface area contributed by atoms with Crippen LogP contribution in [0.5, 0.6) is 28.7 Å². The summed E-state index contributed by atoms with van der Waals surface area (Å²) in [7, 11) is 1.51. The normalized spacial score (nSPS) is 9.68. The number of phenols is 1. The summed E-state index contributed by atoms with van der Waals surface area (Å²) in [6.07, 6.45) is 0. The largest absolute Gasteiger partial charge is 0.507 e. The van der Waals surface area contributed by atoms with Crippen LogP contribution in [0.2, 0.25) is 0 Å². The molecule has 0 atom stereocenters. The number of rotatable bonds is 12. The number of ether oxygens (including phenoxy) is 5. The zero-order chi connectivity index (χ0) is 58.7. The van der Waals surface area contributed by atoms with Crippen LogP contribution in [0.25, 0.3) is 0 Å². The molecular formula is C66H90O10. The van der Waals surface area contributed by atoms with Crippen molar-refractivity contribution in [3.63, 3.8) is 0 Å². The van der Waals surface area contributed by atoms with Crippen molar-refractivity contribution in [2.45, 2.75) is 172 Å². The summed E-state index contributed by atoms with van der Waals surface area (Å²) in [6, 6.07) is 24.7. The number of benzene rings is 6. The molecule has 0 radical (unpaired) electrons. The number of ketones is 1. The van der Waals surface area contributed by atoms with Gasteiger partial charge in [-0.05, 0) is 174 Å². The van der Waals surface area contributed by atoms with Crippen LogP contribution in [0.3, 0.4) is 0 Å². The minimum absolute atomic E-state index is 0.00215. The summed E-state index contributed by atoms with van der Waals surface area (Å²) in [5, 5.41) is 10.6. The third kappa shape index (κ3) is 17.4. The van der Waals surface area contributed by atoms with Gasteiger partial charge in [0.05, 0.1) is 12.7 Å². The quantitative estimate of drug-likeness (QED) is 0.0717. The average molecular weight is 1040 g/mol. The fourth-order valence-electron chi connectivity index (χ4n) is 8.07. The molecule has 76 heavy (non-hydrogen) atoms.